The van der Waals surface area contributed by atoms with Gasteiger partial charge in [0.25, 0.3) is 0 Å². The minimum atomic E-state index is 1.05. The molecule has 2 aromatic heterocycles. The number of allylic oxidation sites excluding steroid dienone is 1. The molecule has 1 nitrogen and oxygen atoms in total. The van der Waals surface area contributed by atoms with E-state index in [4.69, 9.17) is 0 Å². The molecule has 2 heterocycles. The molecule has 0 atom stereocenters. The van der Waals surface area contributed by atoms with E-state index in [1.54, 1.807) is 0 Å². The van der Waals surface area contributed by atoms with Crippen molar-refractivity contribution in [1.82, 2.24) is 4.57 Å². The maximum atomic E-state index is 3.34. The van der Waals surface area contributed by atoms with E-state index in [0.29, 0.717) is 0 Å². The van der Waals surface area contributed by atoms with Gasteiger partial charge in [0, 0.05) is 32.3 Å². The van der Waals surface area contributed by atoms with Crippen LogP contribution in [0.4, 0.5) is 0 Å². The van der Waals surface area contributed by atoms with Gasteiger partial charge in [0.2, 0.25) is 0 Å². The van der Waals surface area contributed by atoms with Crippen LogP contribution in [0.2, 0.25) is 0 Å². The highest BCUT2D eigenvalue weighted by atomic mass is 32.1. The molecule has 1 aliphatic rings. The van der Waals surface area contributed by atoms with Gasteiger partial charge < -0.3 is 4.57 Å². The lowest BCUT2D eigenvalue weighted by atomic mass is 9.93. The highest BCUT2D eigenvalue weighted by Crippen LogP contribution is 2.47. The van der Waals surface area contributed by atoms with Gasteiger partial charge >= 0.3 is 0 Å². The van der Waals surface area contributed by atoms with Crippen LogP contribution in [-0.2, 0) is 6.42 Å². The Morgan fingerprint density at radius 3 is 2.35 bits per heavy atom. The minimum absolute atomic E-state index is 1.05. The van der Waals surface area contributed by atoms with E-state index in [2.05, 4.69) is 132 Å². The molecule has 188 valence electrons. The zero-order chi connectivity index (χ0) is 26.5. The highest BCUT2D eigenvalue weighted by molar-refractivity contribution is 7.18. The molecule has 0 saturated heterocycles. The average molecular weight is 528 g/mol. The first-order chi connectivity index (χ1) is 19.9. The third-order valence-corrected chi connectivity index (χ3v) is 9.23. The first-order valence-electron chi connectivity index (χ1n) is 13.8. The number of fused-ring (bicyclic) bond motifs is 4. The van der Waals surface area contributed by atoms with E-state index in [1.165, 1.54) is 65.1 Å². The van der Waals surface area contributed by atoms with Crippen LogP contribution in [0.5, 0.6) is 0 Å². The summed E-state index contributed by atoms with van der Waals surface area (Å²) in [4.78, 5) is 1.36. The lowest BCUT2D eigenvalue weighted by Crippen LogP contribution is -1.97. The maximum Gasteiger partial charge on any atom is 0.108 e. The third-order valence-electron chi connectivity index (χ3n) is 7.97. The Morgan fingerprint density at radius 1 is 0.675 bits per heavy atom. The van der Waals surface area contributed by atoms with Crippen molar-refractivity contribution in [3.8, 4) is 37.7 Å². The molecule has 0 aliphatic heterocycles. The smallest absolute Gasteiger partial charge is 0.108 e. The maximum absolute atomic E-state index is 3.34. The van der Waals surface area contributed by atoms with Crippen molar-refractivity contribution in [2.75, 3.05) is 0 Å². The van der Waals surface area contributed by atoms with Gasteiger partial charge in [0.1, 0.15) is 5.00 Å². The van der Waals surface area contributed by atoms with Crippen LogP contribution < -0.4 is 0 Å². The average Bonchev–Trinajstić information content (AvgIpc) is 3.57. The zero-order valence-electron chi connectivity index (χ0n) is 21.9. The number of rotatable bonds is 4. The van der Waals surface area contributed by atoms with Crippen molar-refractivity contribution in [3.63, 3.8) is 0 Å². The molecule has 1 aliphatic carbocycles. The number of hydrogen-bond acceptors (Lipinski definition) is 1. The normalized spacial score (nSPS) is 12.5. The van der Waals surface area contributed by atoms with E-state index in [-0.39, 0.29) is 0 Å². The van der Waals surface area contributed by atoms with Crippen LogP contribution in [-0.4, -0.2) is 4.57 Å². The molecule has 7 aromatic rings. The molecule has 0 unspecified atom stereocenters. The molecular formula is C38H25NS. The summed E-state index contributed by atoms with van der Waals surface area (Å²) in [5, 5.41) is 3.86. The Bertz CT molecular complexity index is 2040. The number of hydrogen-bond donors (Lipinski definition) is 0. The van der Waals surface area contributed by atoms with Crippen molar-refractivity contribution < 1.29 is 0 Å². The van der Waals surface area contributed by atoms with Gasteiger partial charge in [-0.3, -0.25) is 0 Å². The van der Waals surface area contributed by atoms with E-state index in [1.807, 2.05) is 23.5 Å². The summed E-state index contributed by atoms with van der Waals surface area (Å²) in [6.45, 7) is 0. The van der Waals surface area contributed by atoms with E-state index < -0.39 is 0 Å². The predicted octanol–water partition coefficient (Wildman–Crippen LogP) is 10.4. The Balaban J connectivity index is 1.40. The van der Waals surface area contributed by atoms with E-state index in [9.17, 15) is 0 Å². The Labute approximate surface area is 238 Å². The van der Waals surface area contributed by atoms with E-state index in [0.717, 1.165) is 18.4 Å². The van der Waals surface area contributed by atoms with Crippen molar-refractivity contribution in [1.29, 1.82) is 0 Å². The summed E-state index contributed by atoms with van der Waals surface area (Å²) >= 11 is 1.91. The van der Waals surface area contributed by atoms with Gasteiger partial charge in [-0.1, -0.05) is 109 Å². The quantitative estimate of drug-likeness (QED) is 0.215. The molecule has 5 aromatic carbocycles. The molecule has 0 bridgehead atoms. The fourth-order valence-electron chi connectivity index (χ4n) is 6.13. The number of benzene rings is 4. The minimum Gasteiger partial charge on any atom is -0.300 e. The molecule has 0 amide bonds. The molecule has 0 radical (unpaired) electrons. The standard InChI is InChI=1S/C38H25NS/c1-3-13-26(14-4-1)28-23-24-36-34(25-28)30-18-11-12-22-35(30)39(36)38-33-21-10-9-20-32(33)37(40-38)31-19-8-7-17-29(31)27-15-5-2-6-16-27/h1-5,7-8,10-15,17-19,21-25H,9,20H2. The van der Waals surface area contributed by atoms with Crippen LogP contribution in [0.3, 0.4) is 0 Å². The topological polar surface area (TPSA) is 4.93 Å². The number of thiophene rings is 1. The Kier molecular flexibility index (Phi) is 5.43. The first kappa shape index (κ1) is 23.1. The van der Waals surface area contributed by atoms with Crippen molar-refractivity contribution >= 4 is 39.2 Å². The molecule has 0 spiro atoms. The fraction of sp³-hybridized carbons (Fsp3) is 0.0526. The summed E-state index contributed by atoms with van der Waals surface area (Å²) in [5.41, 5.74) is 11.3. The summed E-state index contributed by atoms with van der Waals surface area (Å²) in [5.74, 6) is 0. The van der Waals surface area contributed by atoms with Crippen LogP contribution in [0.15, 0.2) is 121 Å². The SMILES string of the molecule is c1cccc(-c2ccccc2-c2sc(-n3c4ccccc4c4cc(-c5ccccc5)ccc43)c3c2CCC=C3)c#1. The summed E-state index contributed by atoms with van der Waals surface area (Å²) in [6, 6.07) is 47.8. The molecule has 8 rings (SSSR count). The lowest BCUT2D eigenvalue weighted by molar-refractivity contribution is 0.992. The highest BCUT2D eigenvalue weighted by Gasteiger charge is 2.24. The monoisotopic (exact) mass is 527 g/mol. The number of para-hydroxylation sites is 1. The van der Waals surface area contributed by atoms with Crippen LogP contribution in [0, 0.1) is 12.1 Å². The first-order valence-corrected chi connectivity index (χ1v) is 14.6. The van der Waals surface area contributed by atoms with Crippen LogP contribution >= 0.6 is 11.3 Å². The largest absolute Gasteiger partial charge is 0.300 e. The number of nitrogens with zero attached hydrogens (tertiary/aromatic N) is 1. The van der Waals surface area contributed by atoms with Crippen molar-refractivity contribution in [2.45, 2.75) is 12.8 Å². The van der Waals surface area contributed by atoms with E-state index >= 15 is 0 Å². The fourth-order valence-corrected chi connectivity index (χ4v) is 7.53. The van der Waals surface area contributed by atoms with Crippen molar-refractivity contribution in [3.05, 3.63) is 145 Å². The van der Waals surface area contributed by atoms with Crippen molar-refractivity contribution in [2.24, 2.45) is 0 Å². The molecular weight excluding hydrogens is 502 g/mol. The Hall–Kier alpha value is -4.84. The number of aromatic nitrogens is 1. The molecule has 2 heteroatoms. The van der Waals surface area contributed by atoms with Gasteiger partial charge in [0.15, 0.2) is 0 Å². The van der Waals surface area contributed by atoms with Crippen LogP contribution in [0.1, 0.15) is 17.5 Å². The third kappa shape index (κ3) is 3.63. The molecule has 0 saturated carbocycles. The van der Waals surface area contributed by atoms with Gasteiger partial charge in [-0.15, -0.1) is 11.3 Å². The predicted molar refractivity (Wildman–Crippen MR) is 170 cm³/mol. The Morgan fingerprint density at radius 2 is 1.48 bits per heavy atom. The zero-order valence-corrected chi connectivity index (χ0v) is 22.7. The summed E-state index contributed by atoms with van der Waals surface area (Å²) < 4.78 is 2.49. The summed E-state index contributed by atoms with van der Waals surface area (Å²) in [7, 11) is 0. The van der Waals surface area contributed by atoms with Gasteiger partial charge in [-0.25, -0.2) is 0 Å². The summed E-state index contributed by atoms with van der Waals surface area (Å²) in [6.07, 6.45) is 6.79. The van der Waals surface area contributed by atoms with Gasteiger partial charge in [-0.05, 0) is 65.4 Å². The molecule has 40 heavy (non-hydrogen) atoms. The second-order valence-corrected chi connectivity index (χ2v) is 11.3. The second kappa shape index (κ2) is 9.42. The van der Waals surface area contributed by atoms with Crippen LogP contribution in [0.25, 0.3) is 65.6 Å². The van der Waals surface area contributed by atoms with Gasteiger partial charge in [0.05, 0.1) is 11.0 Å². The second-order valence-electron chi connectivity index (χ2n) is 10.3. The molecule has 0 N–H and O–H groups in total. The van der Waals surface area contributed by atoms with Gasteiger partial charge in [-0.2, -0.15) is 0 Å². The molecule has 0 fully saturated rings. The lowest BCUT2D eigenvalue weighted by Gasteiger charge is -2.12.